The largest absolute Gasteiger partial charge is 0.631 e. The molecule has 0 heterocycles. The minimum absolute atomic E-state index is 0.344. The second kappa shape index (κ2) is 7.75. The summed E-state index contributed by atoms with van der Waals surface area (Å²) < 4.78 is 11.5. The Morgan fingerprint density at radius 1 is 1.12 bits per heavy atom. The molecule has 0 aromatic rings. The fraction of sp³-hybridized carbons (Fsp3) is 0.778. The minimum Gasteiger partial charge on any atom is -0.402 e. The molecule has 0 aliphatic rings. The average Bonchev–Trinajstić information content (AvgIpc) is 2.01. The Balaban J connectivity index is 0. The van der Waals surface area contributed by atoms with Gasteiger partial charge in [0.2, 0.25) is 0 Å². The standard InChI is InChI=1S/C9H17FO2.BH3O3/c1-8(2,11)9(3,12)6-4-5-7-10;2-1(3)4/h5,7,11-12H,4,6H2,1-3H3;2-4H. The average molecular weight is 238 g/mol. The van der Waals surface area contributed by atoms with Gasteiger partial charge in [-0.2, -0.15) is 0 Å². The van der Waals surface area contributed by atoms with E-state index in [1.54, 1.807) is 6.92 Å². The topological polar surface area (TPSA) is 101 Å². The van der Waals surface area contributed by atoms with Crippen LogP contribution in [0.1, 0.15) is 33.6 Å². The summed E-state index contributed by atoms with van der Waals surface area (Å²) in [5.41, 5.74) is -2.33. The molecule has 16 heavy (non-hydrogen) atoms. The highest BCUT2D eigenvalue weighted by atomic mass is 19.1. The first-order valence-corrected chi connectivity index (χ1v) is 4.79. The third kappa shape index (κ3) is 10.1. The van der Waals surface area contributed by atoms with Gasteiger partial charge in [0.25, 0.3) is 0 Å². The molecule has 0 amide bonds. The fourth-order valence-corrected chi connectivity index (χ4v) is 0.733. The van der Waals surface area contributed by atoms with Crippen molar-refractivity contribution in [1.82, 2.24) is 0 Å². The third-order valence-electron chi connectivity index (χ3n) is 2.20. The fourth-order valence-electron chi connectivity index (χ4n) is 0.733. The Hall–Kier alpha value is -0.465. The molecule has 5 N–H and O–H groups in total. The summed E-state index contributed by atoms with van der Waals surface area (Å²) in [6.45, 7) is 4.61. The maximum absolute atomic E-state index is 11.5. The lowest BCUT2D eigenvalue weighted by Gasteiger charge is -2.35. The Kier molecular flexibility index (Phi) is 8.68. The van der Waals surface area contributed by atoms with Gasteiger partial charge in [0.15, 0.2) is 0 Å². The molecule has 0 rings (SSSR count). The van der Waals surface area contributed by atoms with Crippen molar-refractivity contribution in [2.75, 3.05) is 0 Å². The highest BCUT2D eigenvalue weighted by molar-refractivity contribution is 6.30. The lowest BCUT2D eigenvalue weighted by atomic mass is 9.84. The van der Waals surface area contributed by atoms with Gasteiger partial charge in [-0.1, -0.05) is 6.08 Å². The van der Waals surface area contributed by atoms with Gasteiger partial charge < -0.3 is 25.3 Å². The quantitative estimate of drug-likeness (QED) is 0.433. The van der Waals surface area contributed by atoms with Gasteiger partial charge in [-0.3, -0.25) is 0 Å². The van der Waals surface area contributed by atoms with Gasteiger partial charge in [0.1, 0.15) is 0 Å². The second-order valence-electron chi connectivity index (χ2n) is 4.08. The Morgan fingerprint density at radius 3 is 1.75 bits per heavy atom. The molecular weight excluding hydrogens is 218 g/mol. The van der Waals surface area contributed by atoms with Gasteiger partial charge in [-0.15, -0.1) is 0 Å². The minimum atomic E-state index is -2.17. The summed E-state index contributed by atoms with van der Waals surface area (Å²) in [5, 5.41) is 40.6. The van der Waals surface area contributed by atoms with Gasteiger partial charge >= 0.3 is 7.32 Å². The van der Waals surface area contributed by atoms with E-state index in [-0.39, 0.29) is 0 Å². The monoisotopic (exact) mass is 238 g/mol. The van der Waals surface area contributed by atoms with Crippen molar-refractivity contribution in [3.8, 4) is 0 Å². The van der Waals surface area contributed by atoms with Crippen LogP contribution in [0.3, 0.4) is 0 Å². The van der Waals surface area contributed by atoms with Crippen molar-refractivity contribution < 1.29 is 29.7 Å². The Labute approximate surface area is 95.0 Å². The van der Waals surface area contributed by atoms with Crippen LogP contribution in [0, 0.1) is 0 Å². The first-order chi connectivity index (χ1) is 7.04. The van der Waals surface area contributed by atoms with Crippen molar-refractivity contribution in [1.29, 1.82) is 0 Å². The highest BCUT2D eigenvalue weighted by Gasteiger charge is 2.36. The van der Waals surface area contributed by atoms with E-state index in [9.17, 15) is 14.6 Å². The van der Waals surface area contributed by atoms with Crippen LogP contribution in [0.25, 0.3) is 0 Å². The number of rotatable bonds is 4. The van der Waals surface area contributed by atoms with E-state index in [0.29, 0.717) is 19.2 Å². The Bertz CT molecular complexity index is 198. The van der Waals surface area contributed by atoms with E-state index in [1.807, 2.05) is 0 Å². The summed E-state index contributed by atoms with van der Waals surface area (Å²) >= 11 is 0. The maximum Gasteiger partial charge on any atom is 0.631 e. The summed E-state index contributed by atoms with van der Waals surface area (Å²) in [4.78, 5) is 0. The van der Waals surface area contributed by atoms with E-state index < -0.39 is 18.5 Å². The van der Waals surface area contributed by atoms with E-state index >= 15 is 0 Å². The smallest absolute Gasteiger partial charge is 0.402 e. The molecule has 7 heteroatoms. The SMILES string of the molecule is CC(C)(O)C(C)(O)CCC=CF.OB(O)O. The molecule has 0 spiro atoms. The van der Waals surface area contributed by atoms with Crippen LogP contribution in [0.5, 0.6) is 0 Å². The van der Waals surface area contributed by atoms with Crippen LogP contribution >= 0.6 is 0 Å². The number of hydrogen-bond donors (Lipinski definition) is 5. The number of hydrogen-bond acceptors (Lipinski definition) is 5. The number of halogens is 1. The van der Waals surface area contributed by atoms with Crippen molar-refractivity contribution in [2.24, 2.45) is 0 Å². The molecule has 0 bridgehead atoms. The van der Waals surface area contributed by atoms with E-state index in [4.69, 9.17) is 15.1 Å². The molecule has 0 saturated carbocycles. The van der Waals surface area contributed by atoms with Crippen LogP contribution in [0.15, 0.2) is 12.4 Å². The lowest BCUT2D eigenvalue weighted by molar-refractivity contribution is -0.123. The zero-order valence-electron chi connectivity index (χ0n) is 9.76. The zero-order chi connectivity index (χ0) is 13.4. The lowest BCUT2D eigenvalue weighted by Crippen LogP contribution is -2.47. The zero-order valence-corrected chi connectivity index (χ0v) is 9.76. The van der Waals surface area contributed by atoms with Crippen molar-refractivity contribution in [3.05, 3.63) is 12.4 Å². The molecule has 96 valence electrons. The molecule has 0 radical (unpaired) electrons. The molecular formula is C9H20BFO5. The predicted octanol–water partition coefficient (Wildman–Crippen LogP) is -0.280. The first kappa shape index (κ1) is 17.9. The molecule has 0 aromatic carbocycles. The van der Waals surface area contributed by atoms with E-state index in [2.05, 4.69) is 0 Å². The van der Waals surface area contributed by atoms with E-state index in [1.165, 1.54) is 19.9 Å². The van der Waals surface area contributed by atoms with Gasteiger partial charge in [0.05, 0.1) is 17.5 Å². The molecule has 0 aliphatic carbocycles. The highest BCUT2D eigenvalue weighted by Crippen LogP contribution is 2.26. The van der Waals surface area contributed by atoms with Crippen LogP contribution < -0.4 is 0 Å². The van der Waals surface area contributed by atoms with Crippen molar-refractivity contribution >= 4 is 7.32 Å². The van der Waals surface area contributed by atoms with Crippen molar-refractivity contribution in [2.45, 2.75) is 44.8 Å². The van der Waals surface area contributed by atoms with Gasteiger partial charge in [-0.25, -0.2) is 4.39 Å². The summed E-state index contributed by atoms with van der Waals surface area (Å²) in [7, 11) is -2.17. The molecule has 0 fully saturated rings. The molecule has 0 aromatic heterocycles. The van der Waals surface area contributed by atoms with Crippen LogP contribution in [0.2, 0.25) is 0 Å². The third-order valence-corrected chi connectivity index (χ3v) is 2.20. The molecule has 5 nitrogen and oxygen atoms in total. The van der Waals surface area contributed by atoms with Gasteiger partial charge in [-0.05, 0) is 33.6 Å². The molecule has 1 unspecified atom stereocenters. The van der Waals surface area contributed by atoms with E-state index in [0.717, 1.165) is 0 Å². The summed E-state index contributed by atoms with van der Waals surface area (Å²) in [6, 6.07) is 0. The van der Waals surface area contributed by atoms with Crippen LogP contribution in [0.4, 0.5) is 4.39 Å². The molecule has 1 atom stereocenters. The van der Waals surface area contributed by atoms with Gasteiger partial charge in [0, 0.05) is 0 Å². The van der Waals surface area contributed by atoms with Crippen LogP contribution in [-0.2, 0) is 0 Å². The predicted molar refractivity (Wildman–Crippen MR) is 58.8 cm³/mol. The molecule has 0 aliphatic heterocycles. The summed E-state index contributed by atoms with van der Waals surface area (Å²) in [5.74, 6) is 0. The second-order valence-corrected chi connectivity index (χ2v) is 4.08. The summed E-state index contributed by atoms with van der Waals surface area (Å²) in [6.07, 6.45) is 2.53. The maximum atomic E-state index is 11.5. The number of allylic oxidation sites excluding steroid dienone is 1. The number of aliphatic hydroxyl groups is 2. The molecule has 0 saturated heterocycles. The van der Waals surface area contributed by atoms with Crippen molar-refractivity contribution in [3.63, 3.8) is 0 Å². The normalized spacial score (nSPS) is 15.3. The first-order valence-electron chi connectivity index (χ1n) is 4.79. The Morgan fingerprint density at radius 2 is 1.50 bits per heavy atom. The van der Waals surface area contributed by atoms with Crippen LogP contribution in [-0.4, -0.2) is 43.8 Å².